The third kappa shape index (κ3) is 4.31. The van der Waals surface area contributed by atoms with Crippen LogP contribution in [0.2, 0.25) is 0 Å². The molecule has 4 nitrogen and oxygen atoms in total. The molecule has 2 aromatic rings. The molecule has 2 aromatic carbocycles. The molecule has 0 aromatic heterocycles. The highest BCUT2D eigenvalue weighted by Crippen LogP contribution is 2.02. The van der Waals surface area contributed by atoms with Gasteiger partial charge in [0.25, 0.3) is 5.91 Å². The highest BCUT2D eigenvalue weighted by Gasteiger charge is 2.05. The molecule has 2 rings (SSSR count). The molecule has 2 N–H and O–H groups in total. The van der Waals surface area contributed by atoms with Gasteiger partial charge in [0, 0.05) is 22.9 Å². The first-order chi connectivity index (χ1) is 10.2. The zero-order chi connectivity index (χ0) is 15.1. The Balaban J connectivity index is 1.93. The van der Waals surface area contributed by atoms with E-state index in [1.165, 1.54) is 6.08 Å². The zero-order valence-electron chi connectivity index (χ0n) is 11.7. The number of rotatable bonds is 5. The molecule has 0 saturated carbocycles. The summed E-state index contributed by atoms with van der Waals surface area (Å²) in [7, 11) is 0. The number of amides is 1. The van der Waals surface area contributed by atoms with Crippen molar-refractivity contribution in [1.29, 1.82) is 0 Å². The molecule has 0 saturated heterocycles. The van der Waals surface area contributed by atoms with Crippen LogP contribution in [-0.4, -0.2) is 11.7 Å². The molecular weight excluding hydrogens is 264 g/mol. The summed E-state index contributed by atoms with van der Waals surface area (Å²) in [5.41, 5.74) is 6.98. The molecule has 0 spiro atoms. The highest BCUT2D eigenvalue weighted by molar-refractivity contribution is 6.04. The van der Waals surface area contributed by atoms with Crippen LogP contribution >= 0.6 is 0 Å². The van der Waals surface area contributed by atoms with Crippen LogP contribution in [0, 0.1) is 0 Å². The van der Waals surface area contributed by atoms with E-state index in [4.69, 9.17) is 0 Å². The summed E-state index contributed by atoms with van der Waals surface area (Å²) in [6.07, 6.45) is 1.45. The summed E-state index contributed by atoms with van der Waals surface area (Å²) in [6, 6.07) is 17.8. The van der Waals surface area contributed by atoms with E-state index in [2.05, 4.69) is 10.9 Å². The minimum atomic E-state index is -0.254. The molecule has 0 heterocycles. The lowest BCUT2D eigenvalue weighted by atomic mass is 10.1. The highest BCUT2D eigenvalue weighted by atomic mass is 16.2. The lowest BCUT2D eigenvalue weighted by Gasteiger charge is -2.08. The first kappa shape index (κ1) is 14.5. The Morgan fingerprint density at radius 3 is 1.90 bits per heavy atom. The van der Waals surface area contributed by atoms with Crippen molar-refractivity contribution in [2.45, 2.75) is 6.92 Å². The number of carbonyl (C=O) groups excluding carboxylic acids is 2. The topological polar surface area (TPSA) is 58.2 Å². The largest absolute Gasteiger partial charge is 0.303 e. The standard InChI is InChI=1S/C17H16N2O2/c1-13(12-16(20)14-8-4-2-5-9-14)18-19-17(21)15-10-6-3-7-11-15/h2-12,18H,1H3,(H,19,21)/b13-12+. The van der Waals surface area contributed by atoms with Crippen LogP contribution < -0.4 is 10.9 Å². The zero-order valence-corrected chi connectivity index (χ0v) is 11.7. The van der Waals surface area contributed by atoms with Crippen molar-refractivity contribution in [3.63, 3.8) is 0 Å². The monoisotopic (exact) mass is 280 g/mol. The fourth-order valence-corrected chi connectivity index (χ4v) is 1.74. The van der Waals surface area contributed by atoms with E-state index >= 15 is 0 Å². The predicted molar refractivity (Wildman–Crippen MR) is 81.6 cm³/mol. The maximum absolute atomic E-state index is 11.9. The SMILES string of the molecule is C/C(=C\C(=O)c1ccccc1)NNC(=O)c1ccccc1. The van der Waals surface area contributed by atoms with E-state index in [1.807, 2.05) is 12.1 Å². The van der Waals surface area contributed by atoms with E-state index < -0.39 is 0 Å². The number of ketones is 1. The van der Waals surface area contributed by atoms with Crippen molar-refractivity contribution in [1.82, 2.24) is 10.9 Å². The van der Waals surface area contributed by atoms with Crippen molar-refractivity contribution in [2.24, 2.45) is 0 Å². The van der Waals surface area contributed by atoms with Gasteiger partial charge >= 0.3 is 0 Å². The maximum Gasteiger partial charge on any atom is 0.269 e. The van der Waals surface area contributed by atoms with Gasteiger partial charge in [-0.2, -0.15) is 0 Å². The summed E-state index contributed by atoms with van der Waals surface area (Å²) in [5, 5.41) is 0. The Morgan fingerprint density at radius 2 is 1.33 bits per heavy atom. The quantitative estimate of drug-likeness (QED) is 0.503. The fourth-order valence-electron chi connectivity index (χ4n) is 1.74. The number of allylic oxidation sites excluding steroid dienone is 2. The summed E-state index contributed by atoms with van der Waals surface area (Å²) in [4.78, 5) is 23.8. The molecule has 1 amide bonds. The first-order valence-corrected chi connectivity index (χ1v) is 6.56. The van der Waals surface area contributed by atoms with Crippen molar-refractivity contribution < 1.29 is 9.59 Å². The van der Waals surface area contributed by atoms with Gasteiger partial charge in [-0.3, -0.25) is 15.0 Å². The normalized spacial score (nSPS) is 10.8. The smallest absolute Gasteiger partial charge is 0.269 e. The Bertz CT molecular complexity index is 649. The summed E-state index contributed by atoms with van der Waals surface area (Å²) >= 11 is 0. The molecule has 0 unspecified atom stereocenters. The number of hydrogen-bond donors (Lipinski definition) is 2. The third-order valence-electron chi connectivity index (χ3n) is 2.82. The minimum Gasteiger partial charge on any atom is -0.303 e. The molecule has 0 atom stereocenters. The second kappa shape index (κ2) is 7.05. The van der Waals surface area contributed by atoms with Crippen LogP contribution in [0.1, 0.15) is 27.6 Å². The lowest BCUT2D eigenvalue weighted by Crippen LogP contribution is -2.36. The van der Waals surface area contributed by atoms with Gasteiger partial charge < -0.3 is 5.43 Å². The van der Waals surface area contributed by atoms with Crippen LogP contribution in [0.15, 0.2) is 72.4 Å². The second-order valence-electron chi connectivity index (χ2n) is 4.50. The van der Waals surface area contributed by atoms with Crippen LogP contribution in [-0.2, 0) is 0 Å². The minimum absolute atomic E-state index is 0.116. The van der Waals surface area contributed by atoms with E-state index in [0.717, 1.165) is 0 Å². The molecule has 0 aliphatic heterocycles. The molecule has 0 bridgehead atoms. The van der Waals surface area contributed by atoms with E-state index in [9.17, 15) is 9.59 Å². The van der Waals surface area contributed by atoms with E-state index in [0.29, 0.717) is 16.8 Å². The van der Waals surface area contributed by atoms with Crippen LogP contribution in [0.5, 0.6) is 0 Å². The van der Waals surface area contributed by atoms with Crippen LogP contribution in [0.3, 0.4) is 0 Å². The summed E-state index contributed by atoms with van der Waals surface area (Å²) < 4.78 is 0. The molecular formula is C17H16N2O2. The Hall–Kier alpha value is -2.88. The van der Waals surface area contributed by atoms with Gasteiger partial charge in [0.15, 0.2) is 5.78 Å². The number of nitrogens with one attached hydrogen (secondary N) is 2. The number of carbonyl (C=O) groups is 2. The van der Waals surface area contributed by atoms with Gasteiger partial charge in [-0.1, -0.05) is 48.5 Å². The number of hydrogen-bond acceptors (Lipinski definition) is 3. The molecule has 106 valence electrons. The van der Waals surface area contributed by atoms with Crippen molar-refractivity contribution in [3.8, 4) is 0 Å². The van der Waals surface area contributed by atoms with Gasteiger partial charge in [-0.15, -0.1) is 0 Å². The molecule has 0 fully saturated rings. The van der Waals surface area contributed by atoms with Crippen molar-refractivity contribution >= 4 is 11.7 Å². The van der Waals surface area contributed by atoms with Gasteiger partial charge in [-0.25, -0.2) is 0 Å². The Labute approximate surface area is 123 Å². The van der Waals surface area contributed by atoms with Gasteiger partial charge in [-0.05, 0) is 19.1 Å². The first-order valence-electron chi connectivity index (χ1n) is 6.56. The van der Waals surface area contributed by atoms with E-state index in [1.54, 1.807) is 55.5 Å². The number of benzene rings is 2. The van der Waals surface area contributed by atoms with Gasteiger partial charge in [0.1, 0.15) is 0 Å². The van der Waals surface area contributed by atoms with Crippen LogP contribution in [0.25, 0.3) is 0 Å². The average molecular weight is 280 g/mol. The van der Waals surface area contributed by atoms with Crippen molar-refractivity contribution in [2.75, 3.05) is 0 Å². The lowest BCUT2D eigenvalue weighted by molar-refractivity contribution is 0.0936. The van der Waals surface area contributed by atoms with Crippen LogP contribution in [0.4, 0.5) is 0 Å². The summed E-state index contributed by atoms with van der Waals surface area (Å²) in [6.45, 7) is 1.71. The Kier molecular flexibility index (Phi) is 4.88. The molecule has 4 heteroatoms. The maximum atomic E-state index is 11.9. The fraction of sp³-hybridized carbons (Fsp3) is 0.0588. The number of hydrazine groups is 1. The van der Waals surface area contributed by atoms with E-state index in [-0.39, 0.29) is 11.7 Å². The molecule has 0 radical (unpaired) electrons. The molecule has 0 aliphatic rings. The third-order valence-corrected chi connectivity index (χ3v) is 2.82. The van der Waals surface area contributed by atoms with Gasteiger partial charge in [0.05, 0.1) is 0 Å². The van der Waals surface area contributed by atoms with Crippen molar-refractivity contribution in [3.05, 3.63) is 83.6 Å². The second-order valence-corrected chi connectivity index (χ2v) is 4.50. The predicted octanol–water partition coefficient (Wildman–Crippen LogP) is 2.71. The summed E-state index contributed by atoms with van der Waals surface area (Å²) in [5.74, 6) is -0.370. The average Bonchev–Trinajstić information content (AvgIpc) is 2.54. The molecule has 0 aliphatic carbocycles. The van der Waals surface area contributed by atoms with Gasteiger partial charge in [0.2, 0.25) is 0 Å². The molecule has 21 heavy (non-hydrogen) atoms. The Morgan fingerprint density at radius 1 is 0.810 bits per heavy atom.